The minimum atomic E-state index is 0.0597. The Hall–Kier alpha value is -2.40. The van der Waals surface area contributed by atoms with Crippen LogP contribution in [0.1, 0.15) is 47.9 Å². The summed E-state index contributed by atoms with van der Waals surface area (Å²) in [5, 5.41) is 3.50. The zero-order chi connectivity index (χ0) is 18.5. The molecule has 1 N–H and O–H groups in total. The maximum Gasteiger partial charge on any atom is 0.151 e. The third kappa shape index (κ3) is 2.90. The molecule has 3 aromatic rings. The highest BCUT2D eigenvalue weighted by Gasteiger charge is 2.30. The number of nitrogens with one attached hydrogen (secondary N) is 1. The van der Waals surface area contributed by atoms with Crippen molar-refractivity contribution in [3.05, 3.63) is 58.9 Å². The Morgan fingerprint density at radius 2 is 2.00 bits per heavy atom. The number of hydrogen-bond acceptors (Lipinski definition) is 3. The highest BCUT2D eigenvalue weighted by atomic mass is 32.1. The van der Waals surface area contributed by atoms with Gasteiger partial charge in [0.2, 0.25) is 0 Å². The summed E-state index contributed by atoms with van der Waals surface area (Å²) in [6.07, 6.45) is 4.38. The summed E-state index contributed by atoms with van der Waals surface area (Å²) in [4.78, 5) is 5.65. The van der Waals surface area contributed by atoms with Crippen LogP contribution in [-0.2, 0) is 13.5 Å². The molecule has 4 nitrogen and oxygen atoms in total. The largest absolute Gasteiger partial charge is 0.483 e. The Bertz CT molecular complexity index is 1040. The number of aromatic nitrogens is 2. The van der Waals surface area contributed by atoms with E-state index >= 15 is 0 Å². The van der Waals surface area contributed by atoms with Crippen molar-refractivity contribution in [2.24, 2.45) is 7.05 Å². The molecule has 1 aromatic heterocycles. The minimum Gasteiger partial charge on any atom is -0.483 e. The Balaban J connectivity index is 1.63. The van der Waals surface area contributed by atoms with Gasteiger partial charge in [0.1, 0.15) is 22.4 Å². The van der Waals surface area contributed by atoms with Crippen LogP contribution < -0.4 is 10.1 Å². The van der Waals surface area contributed by atoms with Crippen molar-refractivity contribution >= 4 is 28.2 Å². The molecule has 1 atom stereocenters. The molecule has 2 aliphatic rings. The van der Waals surface area contributed by atoms with Gasteiger partial charge in [-0.25, -0.2) is 4.98 Å². The van der Waals surface area contributed by atoms with Gasteiger partial charge in [0.25, 0.3) is 0 Å². The molecule has 1 unspecified atom stereocenters. The first kappa shape index (κ1) is 16.8. The first-order chi connectivity index (χ1) is 13.1. The van der Waals surface area contributed by atoms with E-state index < -0.39 is 0 Å². The molecule has 138 valence electrons. The van der Waals surface area contributed by atoms with Crippen LogP contribution in [0.25, 0.3) is 11.0 Å². The van der Waals surface area contributed by atoms with Crippen molar-refractivity contribution in [1.29, 1.82) is 0 Å². The van der Waals surface area contributed by atoms with Crippen molar-refractivity contribution in [2.45, 2.75) is 44.8 Å². The van der Waals surface area contributed by atoms with Gasteiger partial charge in [-0.2, -0.15) is 0 Å². The molecule has 5 heteroatoms. The van der Waals surface area contributed by atoms with E-state index in [4.69, 9.17) is 21.9 Å². The fourth-order valence-corrected chi connectivity index (χ4v) is 4.24. The summed E-state index contributed by atoms with van der Waals surface area (Å²) in [7, 11) is 2.05. The molecule has 1 saturated carbocycles. The van der Waals surface area contributed by atoms with E-state index in [1.54, 1.807) is 0 Å². The molecular formula is C22H23N3OS. The lowest BCUT2D eigenvalue weighted by molar-refractivity contribution is 0.179. The van der Waals surface area contributed by atoms with Crippen LogP contribution >= 0.6 is 12.2 Å². The maximum absolute atomic E-state index is 6.55. The van der Waals surface area contributed by atoms with E-state index in [1.165, 1.54) is 24.0 Å². The zero-order valence-corrected chi connectivity index (χ0v) is 16.5. The number of hydrogen-bond donors (Lipinski definition) is 1. The Kier molecular flexibility index (Phi) is 3.93. The normalized spacial score (nSPS) is 18.8. The SMILES string of the molecule is Cc1nc2c3c(c(C(=S)NC4CC4)cc2n1C)CCC(c1ccccc1)O3. The van der Waals surface area contributed by atoms with Crippen LogP contribution in [0.15, 0.2) is 36.4 Å². The van der Waals surface area contributed by atoms with E-state index in [2.05, 4.69) is 47.3 Å². The molecule has 2 heterocycles. The van der Waals surface area contributed by atoms with Crippen LogP contribution in [0.4, 0.5) is 0 Å². The third-order valence-corrected chi connectivity index (χ3v) is 6.04. The van der Waals surface area contributed by atoms with E-state index in [0.717, 1.165) is 46.0 Å². The van der Waals surface area contributed by atoms with Crippen LogP contribution in [0.2, 0.25) is 0 Å². The molecule has 1 aliphatic heterocycles. The quantitative estimate of drug-likeness (QED) is 0.688. The van der Waals surface area contributed by atoms with Crippen molar-refractivity contribution in [3.8, 4) is 5.75 Å². The lowest BCUT2D eigenvalue weighted by Crippen LogP contribution is -2.27. The number of rotatable bonds is 3. The molecule has 0 bridgehead atoms. The summed E-state index contributed by atoms with van der Waals surface area (Å²) in [6, 6.07) is 13.2. The standard InChI is InChI=1S/C22H23N3OS/c1-13-23-20-18(25(13)2)12-17(22(27)24-15-8-9-15)16-10-11-19(26-21(16)20)14-6-4-3-5-7-14/h3-7,12,15,19H,8-11H2,1-2H3,(H,24,27). The van der Waals surface area contributed by atoms with Gasteiger partial charge in [-0.1, -0.05) is 42.5 Å². The average molecular weight is 378 g/mol. The second-order valence-corrected chi connectivity index (χ2v) is 8.03. The molecule has 1 fully saturated rings. The molecule has 27 heavy (non-hydrogen) atoms. The number of thiocarbonyl (C=S) groups is 1. The van der Waals surface area contributed by atoms with Gasteiger partial charge in [-0.05, 0) is 44.2 Å². The van der Waals surface area contributed by atoms with Crippen molar-refractivity contribution in [2.75, 3.05) is 0 Å². The van der Waals surface area contributed by atoms with Crippen molar-refractivity contribution < 1.29 is 4.74 Å². The number of fused-ring (bicyclic) bond motifs is 3. The van der Waals surface area contributed by atoms with E-state index in [9.17, 15) is 0 Å². The van der Waals surface area contributed by atoms with Crippen molar-refractivity contribution in [3.63, 3.8) is 0 Å². The van der Waals surface area contributed by atoms with E-state index in [0.29, 0.717) is 6.04 Å². The van der Waals surface area contributed by atoms with Crippen LogP contribution in [0.3, 0.4) is 0 Å². The first-order valence-corrected chi connectivity index (χ1v) is 10.0. The number of imidazole rings is 1. The van der Waals surface area contributed by atoms with Gasteiger partial charge in [-0.3, -0.25) is 0 Å². The van der Waals surface area contributed by atoms with Gasteiger partial charge in [0.05, 0.1) is 5.52 Å². The average Bonchev–Trinajstić information content (AvgIpc) is 3.46. The van der Waals surface area contributed by atoms with Gasteiger partial charge >= 0.3 is 0 Å². The molecule has 0 spiro atoms. The number of benzene rings is 2. The van der Waals surface area contributed by atoms with Gasteiger partial charge in [0, 0.05) is 24.2 Å². The summed E-state index contributed by atoms with van der Waals surface area (Å²) < 4.78 is 8.67. The lowest BCUT2D eigenvalue weighted by Gasteiger charge is -2.28. The number of ether oxygens (including phenoxy) is 1. The minimum absolute atomic E-state index is 0.0597. The highest BCUT2D eigenvalue weighted by Crippen LogP contribution is 2.42. The highest BCUT2D eigenvalue weighted by molar-refractivity contribution is 7.80. The maximum atomic E-state index is 6.55. The molecule has 5 rings (SSSR count). The fourth-order valence-electron chi connectivity index (χ4n) is 3.90. The monoisotopic (exact) mass is 377 g/mol. The number of aryl methyl sites for hydroxylation is 2. The zero-order valence-electron chi connectivity index (χ0n) is 15.7. The smallest absolute Gasteiger partial charge is 0.151 e. The molecule has 0 saturated heterocycles. The van der Waals surface area contributed by atoms with Crippen LogP contribution in [0, 0.1) is 6.92 Å². The predicted molar refractivity (Wildman–Crippen MR) is 111 cm³/mol. The predicted octanol–water partition coefficient (Wildman–Crippen LogP) is 4.38. The summed E-state index contributed by atoms with van der Waals surface area (Å²) in [6.45, 7) is 2.03. The summed E-state index contributed by atoms with van der Waals surface area (Å²) in [5.41, 5.74) is 5.55. The topological polar surface area (TPSA) is 39.1 Å². The Labute approximate surface area is 164 Å². The first-order valence-electron chi connectivity index (χ1n) is 9.63. The van der Waals surface area contributed by atoms with Gasteiger partial charge in [-0.15, -0.1) is 0 Å². The van der Waals surface area contributed by atoms with Crippen molar-refractivity contribution in [1.82, 2.24) is 14.9 Å². The van der Waals surface area contributed by atoms with E-state index in [-0.39, 0.29) is 6.10 Å². The molecule has 0 amide bonds. The molecule has 1 aliphatic carbocycles. The second-order valence-electron chi connectivity index (χ2n) is 7.62. The fraction of sp³-hybridized carbons (Fsp3) is 0.364. The Morgan fingerprint density at radius 1 is 1.22 bits per heavy atom. The number of nitrogens with zero attached hydrogens (tertiary/aromatic N) is 2. The molecular weight excluding hydrogens is 354 g/mol. The summed E-state index contributed by atoms with van der Waals surface area (Å²) in [5.74, 6) is 1.89. The van der Waals surface area contributed by atoms with E-state index in [1.807, 2.05) is 13.0 Å². The van der Waals surface area contributed by atoms with Crippen LogP contribution in [0.5, 0.6) is 5.75 Å². The van der Waals surface area contributed by atoms with Gasteiger partial charge < -0.3 is 14.6 Å². The summed E-state index contributed by atoms with van der Waals surface area (Å²) >= 11 is 5.76. The third-order valence-electron chi connectivity index (χ3n) is 5.70. The lowest BCUT2D eigenvalue weighted by atomic mass is 9.93. The van der Waals surface area contributed by atoms with Gasteiger partial charge in [0.15, 0.2) is 5.75 Å². The molecule has 2 aromatic carbocycles. The second kappa shape index (κ2) is 6.34. The Morgan fingerprint density at radius 3 is 2.74 bits per heavy atom. The van der Waals surface area contributed by atoms with Crippen LogP contribution in [-0.4, -0.2) is 20.6 Å². The molecule has 0 radical (unpaired) electrons.